The summed E-state index contributed by atoms with van der Waals surface area (Å²) in [5.41, 5.74) is 5.57. The predicted octanol–water partition coefficient (Wildman–Crippen LogP) is -1.16. The molecule has 1 aliphatic rings. The molecule has 1 heterocycles. The van der Waals surface area contributed by atoms with E-state index in [1.165, 1.54) is 40.4 Å². The predicted molar refractivity (Wildman–Crippen MR) is 107 cm³/mol. The summed E-state index contributed by atoms with van der Waals surface area (Å²) in [5, 5.41) is 22.8. The fraction of sp³-hybridized carbons (Fsp3) is 0.333. The van der Waals surface area contributed by atoms with Gasteiger partial charge < -0.3 is 20.0 Å². The summed E-state index contributed by atoms with van der Waals surface area (Å²) in [6.07, 6.45) is 1.37. The number of hydrazone groups is 1. The lowest BCUT2D eigenvalue weighted by Gasteiger charge is -2.29. The van der Waals surface area contributed by atoms with Crippen molar-refractivity contribution < 1.29 is 24.8 Å². The number of quaternary nitrogens is 2. The summed E-state index contributed by atoms with van der Waals surface area (Å²) in [6.45, 7) is 7.51. The van der Waals surface area contributed by atoms with Crippen LogP contribution in [0.4, 0.5) is 0 Å². The van der Waals surface area contributed by atoms with Gasteiger partial charge in [-0.25, -0.2) is 5.43 Å². The normalized spacial score (nSPS) is 19.6. The summed E-state index contributed by atoms with van der Waals surface area (Å²) >= 11 is 0. The molecule has 0 unspecified atom stereocenters. The lowest BCUT2D eigenvalue weighted by atomic mass is 10.1. The van der Waals surface area contributed by atoms with Crippen molar-refractivity contribution in [3.05, 3.63) is 59.2 Å². The Labute approximate surface area is 164 Å². The van der Waals surface area contributed by atoms with Crippen molar-refractivity contribution >= 4 is 12.1 Å². The summed E-state index contributed by atoms with van der Waals surface area (Å²) < 4.78 is 0. The largest absolute Gasteiger partial charge is 0.508 e. The summed E-state index contributed by atoms with van der Waals surface area (Å²) in [5.74, 6) is -0.256. The van der Waals surface area contributed by atoms with E-state index in [0.29, 0.717) is 12.1 Å². The minimum Gasteiger partial charge on any atom is -0.508 e. The maximum Gasteiger partial charge on any atom is 0.295 e. The molecule has 148 valence electrons. The van der Waals surface area contributed by atoms with Crippen LogP contribution in [-0.2, 0) is 11.3 Å². The van der Waals surface area contributed by atoms with Crippen LogP contribution in [0.1, 0.15) is 16.7 Å². The number of hydrogen-bond acceptors (Lipinski definition) is 4. The number of rotatable bonds is 6. The van der Waals surface area contributed by atoms with Gasteiger partial charge in [-0.3, -0.25) is 4.79 Å². The molecule has 1 fully saturated rings. The van der Waals surface area contributed by atoms with E-state index < -0.39 is 0 Å². The molecule has 7 heteroatoms. The number of benzene rings is 2. The van der Waals surface area contributed by atoms with Gasteiger partial charge >= 0.3 is 0 Å². The van der Waals surface area contributed by atoms with E-state index in [-0.39, 0.29) is 17.4 Å². The Bertz CT molecular complexity index is 828. The van der Waals surface area contributed by atoms with E-state index in [1.807, 2.05) is 0 Å². The smallest absolute Gasteiger partial charge is 0.295 e. The van der Waals surface area contributed by atoms with E-state index in [9.17, 15) is 15.0 Å². The Kier molecular flexibility index (Phi) is 6.62. The Hall–Kier alpha value is -2.90. The Morgan fingerprint density at radius 2 is 1.75 bits per heavy atom. The topological polar surface area (TPSA) is 90.8 Å². The van der Waals surface area contributed by atoms with Crippen LogP contribution in [0, 0.1) is 6.92 Å². The summed E-state index contributed by atoms with van der Waals surface area (Å²) in [6, 6.07) is 12.9. The number of piperazine rings is 1. The van der Waals surface area contributed by atoms with Crippen LogP contribution in [0.5, 0.6) is 11.5 Å². The number of aryl methyl sites for hydroxylation is 1. The van der Waals surface area contributed by atoms with Crippen LogP contribution in [0.2, 0.25) is 0 Å². The SMILES string of the molecule is Cc1ccc(C[NH+]2CC[NH+](CC(=O)N/N=C/c3ccc(O)cc3O)CC2)cc1. The van der Waals surface area contributed by atoms with Crippen LogP contribution in [0.25, 0.3) is 0 Å². The van der Waals surface area contributed by atoms with Crippen molar-refractivity contribution in [1.82, 2.24) is 5.43 Å². The van der Waals surface area contributed by atoms with Crippen LogP contribution in [-0.4, -0.2) is 55.1 Å². The third-order valence-electron chi connectivity index (χ3n) is 5.06. The van der Waals surface area contributed by atoms with Crippen LogP contribution in [0.3, 0.4) is 0 Å². The molecule has 2 aromatic rings. The summed E-state index contributed by atoms with van der Waals surface area (Å²) in [7, 11) is 0. The highest BCUT2D eigenvalue weighted by atomic mass is 16.3. The van der Waals surface area contributed by atoms with E-state index in [0.717, 1.165) is 32.7 Å². The monoisotopic (exact) mass is 384 g/mol. The molecule has 0 radical (unpaired) electrons. The zero-order valence-corrected chi connectivity index (χ0v) is 16.1. The van der Waals surface area contributed by atoms with Gasteiger partial charge in [-0.2, -0.15) is 5.10 Å². The molecule has 1 aliphatic heterocycles. The van der Waals surface area contributed by atoms with E-state index in [1.54, 1.807) is 4.90 Å². The number of phenolic OH excluding ortho intramolecular Hbond substituents is 2. The number of carbonyl (C=O) groups is 1. The molecule has 7 nitrogen and oxygen atoms in total. The molecule has 0 spiro atoms. The Balaban J connectivity index is 1.39. The van der Waals surface area contributed by atoms with Crippen molar-refractivity contribution in [2.45, 2.75) is 13.5 Å². The fourth-order valence-electron chi connectivity index (χ4n) is 3.39. The summed E-state index contributed by atoms with van der Waals surface area (Å²) in [4.78, 5) is 14.9. The number of amides is 1. The van der Waals surface area contributed by atoms with Gasteiger partial charge in [-0.05, 0) is 19.1 Å². The molecule has 0 aliphatic carbocycles. The van der Waals surface area contributed by atoms with Gasteiger partial charge in [0.25, 0.3) is 5.91 Å². The highest BCUT2D eigenvalue weighted by Gasteiger charge is 2.24. The van der Waals surface area contributed by atoms with Gasteiger partial charge in [0, 0.05) is 17.2 Å². The van der Waals surface area contributed by atoms with Crippen molar-refractivity contribution in [3.8, 4) is 11.5 Å². The van der Waals surface area contributed by atoms with Crippen molar-refractivity contribution in [3.63, 3.8) is 0 Å². The van der Waals surface area contributed by atoms with Gasteiger partial charge in [0.15, 0.2) is 6.54 Å². The minimum atomic E-state index is -0.147. The number of phenols is 2. The molecule has 1 saturated heterocycles. The first-order chi connectivity index (χ1) is 13.5. The Morgan fingerprint density at radius 3 is 2.43 bits per heavy atom. The molecule has 0 aromatic heterocycles. The van der Waals surface area contributed by atoms with Crippen molar-refractivity contribution in [2.75, 3.05) is 32.7 Å². The quantitative estimate of drug-likeness (QED) is 0.322. The second-order valence-electron chi connectivity index (χ2n) is 7.38. The first-order valence-corrected chi connectivity index (χ1v) is 9.56. The zero-order chi connectivity index (χ0) is 19.9. The third-order valence-corrected chi connectivity index (χ3v) is 5.06. The van der Waals surface area contributed by atoms with Gasteiger partial charge in [0.2, 0.25) is 0 Å². The first kappa shape index (κ1) is 19.9. The zero-order valence-electron chi connectivity index (χ0n) is 16.1. The van der Waals surface area contributed by atoms with Crippen molar-refractivity contribution in [2.24, 2.45) is 5.10 Å². The lowest BCUT2D eigenvalue weighted by Crippen LogP contribution is -3.28. The second-order valence-corrected chi connectivity index (χ2v) is 7.38. The first-order valence-electron chi connectivity index (χ1n) is 9.56. The van der Waals surface area contributed by atoms with Crippen LogP contribution in [0.15, 0.2) is 47.6 Å². The lowest BCUT2D eigenvalue weighted by molar-refractivity contribution is -1.02. The highest BCUT2D eigenvalue weighted by Crippen LogP contribution is 2.20. The van der Waals surface area contributed by atoms with Gasteiger partial charge in [-0.15, -0.1) is 0 Å². The molecule has 1 amide bonds. The van der Waals surface area contributed by atoms with Gasteiger partial charge in [0.1, 0.15) is 44.2 Å². The van der Waals surface area contributed by atoms with Crippen LogP contribution >= 0.6 is 0 Å². The molecule has 0 atom stereocenters. The molecular formula is C21H28N4O3+2. The fourth-order valence-corrected chi connectivity index (χ4v) is 3.39. The molecule has 5 N–H and O–H groups in total. The van der Waals surface area contributed by atoms with E-state index >= 15 is 0 Å². The molecular weight excluding hydrogens is 356 g/mol. The minimum absolute atomic E-state index is 0.0223. The van der Waals surface area contributed by atoms with E-state index in [4.69, 9.17) is 0 Å². The number of aromatic hydroxyl groups is 2. The standard InChI is InChI=1S/C21H26N4O3/c1-16-2-4-17(5-3-16)14-24-8-10-25(11-9-24)15-21(28)23-22-13-18-6-7-19(26)12-20(18)27/h2-7,12-13,26-27H,8-11,14-15H2,1H3,(H,23,28)/p+2/b22-13+. The number of hydrogen-bond donors (Lipinski definition) is 5. The van der Waals surface area contributed by atoms with Gasteiger partial charge in [0.05, 0.1) is 6.21 Å². The highest BCUT2D eigenvalue weighted by molar-refractivity contribution is 5.85. The third kappa shape index (κ3) is 5.80. The molecule has 2 aromatic carbocycles. The molecule has 0 bridgehead atoms. The van der Waals surface area contributed by atoms with Crippen molar-refractivity contribution in [1.29, 1.82) is 0 Å². The number of nitrogens with zero attached hydrogens (tertiary/aromatic N) is 1. The van der Waals surface area contributed by atoms with Crippen LogP contribution < -0.4 is 15.2 Å². The molecule has 0 saturated carbocycles. The average Bonchev–Trinajstić information content (AvgIpc) is 2.67. The van der Waals surface area contributed by atoms with E-state index in [2.05, 4.69) is 41.7 Å². The maximum absolute atomic E-state index is 12.1. The molecule has 3 rings (SSSR count). The average molecular weight is 384 g/mol. The number of carbonyl (C=O) groups excluding carboxylic acids is 1. The maximum atomic E-state index is 12.1. The second kappa shape index (κ2) is 9.34. The number of nitrogens with one attached hydrogen (secondary N) is 3. The Morgan fingerprint density at radius 1 is 1.07 bits per heavy atom. The van der Waals surface area contributed by atoms with Gasteiger partial charge in [-0.1, -0.05) is 29.8 Å². The molecule has 28 heavy (non-hydrogen) atoms.